The molecule has 1 aromatic heterocycles. The van der Waals surface area contributed by atoms with Gasteiger partial charge in [0.2, 0.25) is 5.88 Å². The van der Waals surface area contributed by atoms with Crippen LogP contribution in [0.4, 0.5) is 5.82 Å². The maximum Gasteiger partial charge on any atom is 0.218 e. The number of hydrogen-bond acceptors (Lipinski definition) is 4. The molecule has 0 radical (unpaired) electrons. The van der Waals surface area contributed by atoms with Crippen molar-refractivity contribution in [3.63, 3.8) is 0 Å². The number of aromatic nitrogens is 2. The van der Waals surface area contributed by atoms with Crippen LogP contribution in [0.1, 0.15) is 51.8 Å². The topological polar surface area (TPSA) is 47.0 Å². The molecule has 0 atom stereocenters. The monoisotopic (exact) mass is 263 g/mol. The lowest BCUT2D eigenvalue weighted by atomic mass is 9.83. The molecule has 1 fully saturated rings. The van der Waals surface area contributed by atoms with E-state index in [-0.39, 0.29) is 0 Å². The molecule has 0 spiro atoms. The number of nitrogens with one attached hydrogen (secondary N) is 1. The molecule has 106 valence electrons. The normalized spacial score (nSPS) is 17.4. The summed E-state index contributed by atoms with van der Waals surface area (Å²) in [5.74, 6) is 2.30. The van der Waals surface area contributed by atoms with Gasteiger partial charge in [0, 0.05) is 12.6 Å². The first-order valence-corrected chi connectivity index (χ1v) is 7.40. The van der Waals surface area contributed by atoms with Gasteiger partial charge in [0.1, 0.15) is 11.6 Å². The fourth-order valence-corrected chi connectivity index (χ4v) is 2.91. The lowest BCUT2D eigenvalue weighted by Crippen LogP contribution is -2.26. The SMILES string of the molecule is CCOc1cc(NCC2(CC)CCCC2)nc(C)n1. The highest BCUT2D eigenvalue weighted by Gasteiger charge is 2.31. The molecule has 1 aliphatic rings. The van der Waals surface area contributed by atoms with Crippen LogP contribution in [0.5, 0.6) is 5.88 Å². The van der Waals surface area contributed by atoms with Gasteiger partial charge in [-0.15, -0.1) is 0 Å². The highest BCUT2D eigenvalue weighted by molar-refractivity contribution is 5.38. The maximum atomic E-state index is 5.46. The van der Waals surface area contributed by atoms with Crippen molar-refractivity contribution in [2.75, 3.05) is 18.5 Å². The molecule has 0 aliphatic heterocycles. The van der Waals surface area contributed by atoms with Crippen molar-refractivity contribution >= 4 is 5.82 Å². The van der Waals surface area contributed by atoms with Gasteiger partial charge in [-0.25, -0.2) is 4.98 Å². The average molecular weight is 263 g/mol. The third-order valence-corrected chi connectivity index (χ3v) is 4.17. The molecular formula is C15H25N3O. The number of hydrogen-bond donors (Lipinski definition) is 1. The first-order valence-electron chi connectivity index (χ1n) is 7.40. The van der Waals surface area contributed by atoms with E-state index in [1.54, 1.807) is 0 Å². The van der Waals surface area contributed by atoms with Crippen LogP contribution in [0.3, 0.4) is 0 Å². The number of aryl methyl sites for hydroxylation is 1. The van der Waals surface area contributed by atoms with Gasteiger partial charge >= 0.3 is 0 Å². The van der Waals surface area contributed by atoms with E-state index in [9.17, 15) is 0 Å². The Balaban J connectivity index is 2.02. The largest absolute Gasteiger partial charge is 0.478 e. The first-order chi connectivity index (χ1) is 9.17. The molecule has 1 N–H and O–H groups in total. The molecule has 0 aromatic carbocycles. The quantitative estimate of drug-likeness (QED) is 0.852. The van der Waals surface area contributed by atoms with Crippen molar-refractivity contribution in [3.8, 4) is 5.88 Å². The molecule has 0 saturated heterocycles. The third kappa shape index (κ3) is 3.58. The highest BCUT2D eigenvalue weighted by atomic mass is 16.5. The van der Waals surface area contributed by atoms with Gasteiger partial charge in [-0.1, -0.05) is 19.8 Å². The van der Waals surface area contributed by atoms with E-state index in [0.717, 1.165) is 18.2 Å². The van der Waals surface area contributed by atoms with Gasteiger partial charge < -0.3 is 10.1 Å². The van der Waals surface area contributed by atoms with Gasteiger partial charge in [0.15, 0.2) is 0 Å². The van der Waals surface area contributed by atoms with Crippen LogP contribution in [0.15, 0.2) is 6.07 Å². The number of anilines is 1. The van der Waals surface area contributed by atoms with Crippen LogP contribution in [0.2, 0.25) is 0 Å². The fraction of sp³-hybridized carbons (Fsp3) is 0.733. The lowest BCUT2D eigenvalue weighted by Gasteiger charge is -2.28. The Morgan fingerprint density at radius 2 is 2.00 bits per heavy atom. The van der Waals surface area contributed by atoms with Crippen LogP contribution >= 0.6 is 0 Å². The summed E-state index contributed by atoms with van der Waals surface area (Å²) in [5.41, 5.74) is 0.463. The van der Waals surface area contributed by atoms with Gasteiger partial charge in [0.25, 0.3) is 0 Å². The van der Waals surface area contributed by atoms with Crippen molar-refractivity contribution in [1.82, 2.24) is 9.97 Å². The summed E-state index contributed by atoms with van der Waals surface area (Å²) in [4.78, 5) is 8.71. The summed E-state index contributed by atoms with van der Waals surface area (Å²) in [5, 5.41) is 3.49. The highest BCUT2D eigenvalue weighted by Crippen LogP contribution is 2.40. The second-order valence-electron chi connectivity index (χ2n) is 5.49. The fourth-order valence-electron chi connectivity index (χ4n) is 2.91. The second-order valence-corrected chi connectivity index (χ2v) is 5.49. The minimum Gasteiger partial charge on any atom is -0.478 e. The minimum atomic E-state index is 0.463. The second kappa shape index (κ2) is 6.22. The van der Waals surface area contributed by atoms with Crippen LogP contribution in [-0.2, 0) is 0 Å². The predicted molar refractivity (Wildman–Crippen MR) is 77.6 cm³/mol. The molecular weight excluding hydrogens is 238 g/mol. The number of rotatable bonds is 6. The van der Waals surface area contributed by atoms with Crippen LogP contribution in [0, 0.1) is 12.3 Å². The number of nitrogens with zero attached hydrogens (tertiary/aromatic N) is 2. The summed E-state index contributed by atoms with van der Waals surface area (Å²) in [7, 11) is 0. The average Bonchev–Trinajstić information content (AvgIpc) is 2.86. The molecule has 0 bridgehead atoms. The smallest absolute Gasteiger partial charge is 0.218 e. The van der Waals surface area contributed by atoms with Crippen LogP contribution < -0.4 is 10.1 Å². The Kier molecular flexibility index (Phi) is 4.61. The van der Waals surface area contributed by atoms with Gasteiger partial charge in [-0.3, -0.25) is 0 Å². The van der Waals surface area contributed by atoms with Gasteiger partial charge in [-0.05, 0) is 38.5 Å². The molecule has 2 rings (SSSR count). The molecule has 19 heavy (non-hydrogen) atoms. The van der Waals surface area contributed by atoms with E-state index in [1.807, 2.05) is 19.9 Å². The minimum absolute atomic E-state index is 0.463. The zero-order valence-corrected chi connectivity index (χ0v) is 12.3. The summed E-state index contributed by atoms with van der Waals surface area (Å²) in [6, 6.07) is 1.90. The molecule has 4 nitrogen and oxygen atoms in total. The molecule has 1 aliphatic carbocycles. The van der Waals surface area contributed by atoms with Crippen molar-refractivity contribution in [2.45, 2.75) is 52.9 Å². The molecule has 1 saturated carbocycles. The Morgan fingerprint density at radius 3 is 2.63 bits per heavy atom. The Morgan fingerprint density at radius 1 is 1.26 bits per heavy atom. The predicted octanol–water partition coefficient (Wildman–Crippen LogP) is 3.57. The van der Waals surface area contributed by atoms with Gasteiger partial charge in [-0.2, -0.15) is 4.98 Å². The summed E-state index contributed by atoms with van der Waals surface area (Å²) in [6.07, 6.45) is 6.63. The van der Waals surface area contributed by atoms with E-state index >= 15 is 0 Å². The van der Waals surface area contributed by atoms with Gasteiger partial charge in [0.05, 0.1) is 6.61 Å². The molecule has 1 aromatic rings. The van der Waals surface area contributed by atoms with E-state index in [0.29, 0.717) is 17.9 Å². The lowest BCUT2D eigenvalue weighted by molar-refractivity contribution is 0.306. The van der Waals surface area contributed by atoms with E-state index in [2.05, 4.69) is 22.2 Å². The Labute approximate surface area is 116 Å². The van der Waals surface area contributed by atoms with E-state index in [1.165, 1.54) is 32.1 Å². The van der Waals surface area contributed by atoms with Crippen LogP contribution in [0.25, 0.3) is 0 Å². The third-order valence-electron chi connectivity index (χ3n) is 4.17. The van der Waals surface area contributed by atoms with Crippen molar-refractivity contribution in [3.05, 3.63) is 11.9 Å². The van der Waals surface area contributed by atoms with Crippen molar-refractivity contribution in [2.24, 2.45) is 5.41 Å². The van der Waals surface area contributed by atoms with Crippen molar-refractivity contribution < 1.29 is 4.74 Å². The summed E-state index contributed by atoms with van der Waals surface area (Å²) in [6.45, 7) is 7.80. The van der Waals surface area contributed by atoms with Crippen LogP contribution in [-0.4, -0.2) is 23.1 Å². The summed E-state index contributed by atoms with van der Waals surface area (Å²) < 4.78 is 5.46. The summed E-state index contributed by atoms with van der Waals surface area (Å²) >= 11 is 0. The molecule has 0 amide bonds. The molecule has 4 heteroatoms. The Hall–Kier alpha value is -1.32. The first kappa shape index (κ1) is 14.1. The van der Waals surface area contributed by atoms with E-state index in [4.69, 9.17) is 4.74 Å². The molecule has 0 unspecified atom stereocenters. The zero-order valence-electron chi connectivity index (χ0n) is 12.3. The maximum absolute atomic E-state index is 5.46. The van der Waals surface area contributed by atoms with E-state index < -0.39 is 0 Å². The van der Waals surface area contributed by atoms with Crippen molar-refractivity contribution in [1.29, 1.82) is 0 Å². The molecule has 1 heterocycles. The number of ether oxygens (including phenoxy) is 1. The Bertz CT molecular complexity index is 414. The standard InChI is InChI=1S/C15H25N3O/c1-4-15(8-6-7-9-15)11-16-13-10-14(19-5-2)18-12(3)17-13/h10H,4-9,11H2,1-3H3,(H,16,17,18). The zero-order chi connectivity index (χ0) is 13.7.